The number of aryl methyl sites for hydroxylation is 1. The third-order valence-corrected chi connectivity index (χ3v) is 3.14. The molecule has 7 nitrogen and oxygen atoms in total. The van der Waals surface area contributed by atoms with Gasteiger partial charge in [-0.2, -0.15) is 0 Å². The summed E-state index contributed by atoms with van der Waals surface area (Å²) >= 11 is 0. The zero-order chi connectivity index (χ0) is 15.4. The summed E-state index contributed by atoms with van der Waals surface area (Å²) in [5.41, 5.74) is 0.886. The van der Waals surface area contributed by atoms with Crippen LogP contribution in [0.1, 0.15) is 12.0 Å². The molecule has 4 amide bonds. The summed E-state index contributed by atoms with van der Waals surface area (Å²) < 4.78 is 5.02. The first-order valence-electron chi connectivity index (χ1n) is 6.32. The van der Waals surface area contributed by atoms with E-state index in [0.717, 1.165) is 5.56 Å². The Morgan fingerprint density at radius 3 is 2.19 bits per heavy atom. The lowest BCUT2D eigenvalue weighted by atomic mass is 9.95. The van der Waals surface area contributed by atoms with E-state index in [1.165, 1.54) is 0 Å². The quantitative estimate of drug-likeness (QED) is 0.753. The van der Waals surface area contributed by atoms with E-state index in [9.17, 15) is 19.2 Å². The Labute approximate surface area is 120 Å². The fourth-order valence-electron chi connectivity index (χ4n) is 2.01. The fraction of sp³-hybridized carbons (Fsp3) is 0.286. The van der Waals surface area contributed by atoms with Crippen LogP contribution in [0, 0.1) is 5.92 Å². The van der Waals surface area contributed by atoms with Crippen molar-refractivity contribution in [3.8, 4) is 5.75 Å². The maximum absolute atomic E-state index is 12.0. The highest BCUT2D eigenvalue weighted by atomic mass is 16.5. The molecule has 1 fully saturated rings. The van der Waals surface area contributed by atoms with Gasteiger partial charge < -0.3 is 4.74 Å². The minimum atomic E-state index is -1.46. The van der Waals surface area contributed by atoms with Gasteiger partial charge in [0.2, 0.25) is 11.8 Å². The molecule has 0 unspecified atom stereocenters. The first kappa shape index (κ1) is 14.7. The molecule has 21 heavy (non-hydrogen) atoms. The summed E-state index contributed by atoms with van der Waals surface area (Å²) in [5, 5.41) is 3.81. The Bertz CT molecular complexity index is 574. The lowest BCUT2D eigenvalue weighted by molar-refractivity contribution is -0.142. The maximum Gasteiger partial charge on any atom is 0.328 e. The zero-order valence-corrected chi connectivity index (χ0v) is 11.3. The van der Waals surface area contributed by atoms with Gasteiger partial charge in [0.25, 0.3) is 0 Å². The number of barbiturate groups is 1. The van der Waals surface area contributed by atoms with E-state index in [-0.39, 0.29) is 6.42 Å². The van der Waals surface area contributed by atoms with Crippen molar-refractivity contribution in [1.29, 1.82) is 0 Å². The Morgan fingerprint density at radius 2 is 1.67 bits per heavy atom. The number of rotatable bonds is 5. The molecule has 7 heteroatoms. The van der Waals surface area contributed by atoms with E-state index < -0.39 is 29.5 Å². The van der Waals surface area contributed by atoms with Gasteiger partial charge in [-0.1, -0.05) is 12.1 Å². The van der Waals surface area contributed by atoms with Crippen LogP contribution in [0.5, 0.6) is 5.75 Å². The SMILES string of the molecule is COc1ccc(CCC(=O)C2C(=O)NC(=O)NC2=O)cc1. The number of ketones is 1. The van der Waals surface area contributed by atoms with Gasteiger partial charge in [0.1, 0.15) is 5.75 Å². The monoisotopic (exact) mass is 290 g/mol. The van der Waals surface area contributed by atoms with E-state index in [1.54, 1.807) is 31.4 Å². The van der Waals surface area contributed by atoms with E-state index in [4.69, 9.17) is 4.74 Å². The molecule has 1 aromatic carbocycles. The highest BCUT2D eigenvalue weighted by Crippen LogP contribution is 2.14. The first-order chi connectivity index (χ1) is 10.0. The number of ether oxygens (including phenoxy) is 1. The number of methoxy groups -OCH3 is 1. The average molecular weight is 290 g/mol. The van der Waals surface area contributed by atoms with Crippen LogP contribution in [-0.4, -0.2) is 30.7 Å². The molecule has 0 radical (unpaired) electrons. The molecule has 0 aromatic heterocycles. The standard InChI is InChI=1S/C14H14N2O5/c1-21-9-5-2-8(3-6-9)4-7-10(17)11-12(18)15-14(20)16-13(11)19/h2-3,5-6,11H,4,7H2,1H3,(H2,15,16,18,19,20). The predicted octanol–water partition coefficient (Wildman–Crippen LogP) is 0.179. The minimum absolute atomic E-state index is 0.0338. The van der Waals surface area contributed by atoms with Crippen LogP contribution in [0.3, 0.4) is 0 Å². The molecular weight excluding hydrogens is 276 g/mol. The van der Waals surface area contributed by atoms with Gasteiger partial charge >= 0.3 is 6.03 Å². The summed E-state index contributed by atoms with van der Waals surface area (Å²) in [4.78, 5) is 45.9. The fourth-order valence-corrected chi connectivity index (χ4v) is 2.01. The predicted molar refractivity (Wildman–Crippen MR) is 71.5 cm³/mol. The first-order valence-corrected chi connectivity index (χ1v) is 6.32. The van der Waals surface area contributed by atoms with Crippen molar-refractivity contribution in [3.63, 3.8) is 0 Å². The van der Waals surface area contributed by atoms with E-state index in [2.05, 4.69) is 0 Å². The van der Waals surface area contributed by atoms with Crippen molar-refractivity contribution in [2.75, 3.05) is 7.11 Å². The Morgan fingerprint density at radius 1 is 1.10 bits per heavy atom. The van der Waals surface area contributed by atoms with Gasteiger partial charge in [0.15, 0.2) is 11.7 Å². The van der Waals surface area contributed by atoms with Crippen molar-refractivity contribution < 1.29 is 23.9 Å². The van der Waals surface area contributed by atoms with Crippen LogP contribution < -0.4 is 15.4 Å². The summed E-state index contributed by atoms with van der Waals surface area (Å²) in [5.74, 6) is -3.02. The van der Waals surface area contributed by atoms with Crippen LogP contribution in [0.15, 0.2) is 24.3 Å². The average Bonchev–Trinajstić information content (AvgIpc) is 2.44. The summed E-state index contributed by atoms with van der Waals surface area (Å²) in [6, 6.07) is 6.23. The van der Waals surface area contributed by atoms with E-state index in [0.29, 0.717) is 12.2 Å². The van der Waals surface area contributed by atoms with E-state index in [1.807, 2.05) is 10.6 Å². The van der Waals surface area contributed by atoms with Crippen LogP contribution in [-0.2, 0) is 20.8 Å². The second kappa shape index (κ2) is 6.17. The summed E-state index contributed by atoms with van der Waals surface area (Å²) in [6.45, 7) is 0. The highest BCUT2D eigenvalue weighted by molar-refractivity contribution is 6.26. The Kier molecular flexibility index (Phi) is 4.32. The van der Waals surface area contributed by atoms with Crippen LogP contribution in [0.25, 0.3) is 0 Å². The van der Waals surface area contributed by atoms with Crippen molar-refractivity contribution in [3.05, 3.63) is 29.8 Å². The molecule has 0 spiro atoms. The van der Waals surface area contributed by atoms with Crippen molar-refractivity contribution in [2.24, 2.45) is 5.92 Å². The number of Topliss-reactive ketones (excluding diaryl/α,β-unsaturated/α-hetero) is 1. The lowest BCUT2D eigenvalue weighted by Crippen LogP contribution is -2.57. The van der Waals surface area contributed by atoms with Gasteiger partial charge in [-0.15, -0.1) is 0 Å². The molecule has 1 saturated heterocycles. The topological polar surface area (TPSA) is 102 Å². The van der Waals surface area contributed by atoms with Gasteiger partial charge in [-0.25, -0.2) is 4.79 Å². The van der Waals surface area contributed by atoms with Gasteiger partial charge in [-0.3, -0.25) is 25.0 Å². The lowest BCUT2D eigenvalue weighted by Gasteiger charge is -2.19. The van der Waals surface area contributed by atoms with Crippen molar-refractivity contribution in [1.82, 2.24) is 10.6 Å². The summed E-state index contributed by atoms with van der Waals surface area (Å²) in [6.07, 6.45) is 0.430. The number of nitrogens with one attached hydrogen (secondary N) is 2. The largest absolute Gasteiger partial charge is 0.497 e. The van der Waals surface area contributed by atoms with E-state index >= 15 is 0 Å². The molecule has 1 aliphatic heterocycles. The number of carbonyl (C=O) groups excluding carboxylic acids is 4. The smallest absolute Gasteiger partial charge is 0.328 e. The molecule has 110 valence electrons. The Balaban J connectivity index is 1.96. The third kappa shape index (κ3) is 3.44. The molecule has 0 aliphatic carbocycles. The number of hydrogen-bond donors (Lipinski definition) is 2. The van der Waals surface area contributed by atoms with Gasteiger partial charge in [-0.05, 0) is 24.1 Å². The van der Waals surface area contributed by atoms with Gasteiger partial charge in [0.05, 0.1) is 7.11 Å². The van der Waals surface area contributed by atoms with Crippen LogP contribution >= 0.6 is 0 Å². The summed E-state index contributed by atoms with van der Waals surface area (Å²) in [7, 11) is 1.56. The van der Waals surface area contributed by atoms with Crippen molar-refractivity contribution in [2.45, 2.75) is 12.8 Å². The number of imide groups is 2. The minimum Gasteiger partial charge on any atom is -0.497 e. The number of urea groups is 1. The second-order valence-corrected chi connectivity index (χ2v) is 4.56. The molecule has 2 N–H and O–H groups in total. The third-order valence-electron chi connectivity index (χ3n) is 3.14. The maximum atomic E-state index is 12.0. The zero-order valence-electron chi connectivity index (χ0n) is 11.3. The normalized spacial score (nSPS) is 15.4. The molecule has 1 aliphatic rings. The molecule has 0 saturated carbocycles. The molecule has 2 rings (SSSR count). The molecular formula is C14H14N2O5. The van der Waals surface area contributed by atoms with Crippen LogP contribution in [0.2, 0.25) is 0 Å². The number of hydrogen-bond acceptors (Lipinski definition) is 5. The Hall–Kier alpha value is -2.70. The number of amides is 4. The number of carbonyl (C=O) groups is 4. The van der Waals surface area contributed by atoms with Crippen LogP contribution in [0.4, 0.5) is 4.79 Å². The second-order valence-electron chi connectivity index (χ2n) is 4.56. The van der Waals surface area contributed by atoms with Gasteiger partial charge in [0, 0.05) is 6.42 Å². The molecule has 0 atom stereocenters. The number of benzene rings is 1. The van der Waals surface area contributed by atoms with Crippen molar-refractivity contribution >= 4 is 23.6 Å². The molecule has 0 bridgehead atoms. The molecule has 1 aromatic rings. The molecule has 1 heterocycles. The highest BCUT2D eigenvalue weighted by Gasteiger charge is 2.39.